The molecular formula is C19H23BrF2N4O4. The highest BCUT2D eigenvalue weighted by Crippen LogP contribution is 2.24. The van der Waals surface area contributed by atoms with E-state index in [0.717, 1.165) is 12.1 Å². The van der Waals surface area contributed by atoms with E-state index < -0.39 is 24.1 Å². The van der Waals surface area contributed by atoms with Crippen molar-refractivity contribution in [3.05, 3.63) is 50.2 Å². The van der Waals surface area contributed by atoms with Gasteiger partial charge in [0.15, 0.2) is 0 Å². The van der Waals surface area contributed by atoms with Gasteiger partial charge in [-0.15, -0.1) is 0 Å². The van der Waals surface area contributed by atoms with Gasteiger partial charge in [-0.05, 0) is 48.3 Å². The molecule has 0 saturated heterocycles. The summed E-state index contributed by atoms with van der Waals surface area (Å²) >= 11 is 3.18. The molecule has 0 aliphatic rings. The van der Waals surface area contributed by atoms with Crippen molar-refractivity contribution in [1.82, 2.24) is 14.9 Å². The molecule has 2 rings (SSSR count). The third-order valence-corrected chi connectivity index (χ3v) is 4.71. The zero-order valence-corrected chi connectivity index (χ0v) is 18.1. The first-order valence-electron chi connectivity index (χ1n) is 9.24. The van der Waals surface area contributed by atoms with Gasteiger partial charge in [0.1, 0.15) is 29.3 Å². The van der Waals surface area contributed by atoms with E-state index in [9.17, 15) is 18.4 Å². The second kappa shape index (κ2) is 11.0. The summed E-state index contributed by atoms with van der Waals surface area (Å²) in [5.41, 5.74) is -0.266. The quantitative estimate of drug-likeness (QED) is 0.443. The summed E-state index contributed by atoms with van der Waals surface area (Å²) in [7, 11) is 0. The average molecular weight is 489 g/mol. The Hall–Kier alpha value is -2.53. The lowest BCUT2D eigenvalue weighted by atomic mass is 10.2. The maximum Gasteiger partial charge on any atom is 0.273 e. The number of carbonyl (C=O) groups is 1. The van der Waals surface area contributed by atoms with E-state index >= 15 is 0 Å². The first kappa shape index (κ1) is 23.7. The molecule has 1 aromatic heterocycles. The first-order valence-corrected chi connectivity index (χ1v) is 10.0. The fraction of sp³-hybridized carbons (Fsp3) is 0.421. The van der Waals surface area contributed by atoms with Crippen molar-refractivity contribution < 1.29 is 23.4 Å². The third-order valence-electron chi connectivity index (χ3n) is 4.03. The largest absolute Gasteiger partial charge is 0.472 e. The Bertz CT molecular complexity index is 953. The Kier molecular flexibility index (Phi) is 8.72. The molecule has 0 radical (unpaired) electrons. The average Bonchev–Trinajstić information content (AvgIpc) is 2.69. The van der Waals surface area contributed by atoms with Crippen LogP contribution in [0.25, 0.3) is 0 Å². The predicted molar refractivity (Wildman–Crippen MR) is 110 cm³/mol. The van der Waals surface area contributed by atoms with Crippen molar-refractivity contribution in [2.24, 2.45) is 0 Å². The number of aliphatic hydroxyl groups excluding tert-OH is 1. The van der Waals surface area contributed by atoms with E-state index in [4.69, 9.17) is 9.84 Å². The van der Waals surface area contributed by atoms with Crippen LogP contribution in [-0.4, -0.2) is 40.3 Å². The highest BCUT2D eigenvalue weighted by molar-refractivity contribution is 9.10. The molecule has 0 saturated carbocycles. The second-order valence-corrected chi connectivity index (χ2v) is 7.43. The summed E-state index contributed by atoms with van der Waals surface area (Å²) in [5.74, 6) is -1.71. The smallest absolute Gasteiger partial charge is 0.273 e. The van der Waals surface area contributed by atoms with E-state index in [2.05, 4.69) is 31.5 Å². The van der Waals surface area contributed by atoms with Crippen molar-refractivity contribution in [1.29, 1.82) is 0 Å². The number of hydrogen-bond donors (Lipinski definition) is 3. The monoisotopic (exact) mass is 488 g/mol. The second-order valence-electron chi connectivity index (χ2n) is 6.64. The number of nitrogens with one attached hydrogen (secondary N) is 2. The number of benzene rings is 1. The van der Waals surface area contributed by atoms with Gasteiger partial charge in [-0.3, -0.25) is 14.2 Å². The van der Waals surface area contributed by atoms with Gasteiger partial charge in [-0.1, -0.05) is 0 Å². The Morgan fingerprint density at radius 3 is 2.70 bits per heavy atom. The van der Waals surface area contributed by atoms with Gasteiger partial charge in [0, 0.05) is 30.8 Å². The molecule has 3 N–H and O–H groups in total. The zero-order valence-electron chi connectivity index (χ0n) is 16.5. The van der Waals surface area contributed by atoms with E-state index in [1.807, 2.05) is 13.8 Å². The highest BCUT2D eigenvalue weighted by atomic mass is 79.9. The first-order chi connectivity index (χ1) is 14.2. The SMILES string of the molecule is CC(C)n1c(NCCCNC(=O)CO)nc(OCc2ccc(F)cc2F)c(Br)c1=O. The van der Waals surface area contributed by atoms with Crippen LogP contribution in [0.5, 0.6) is 5.88 Å². The minimum atomic E-state index is -0.759. The molecule has 1 amide bonds. The van der Waals surface area contributed by atoms with Crippen molar-refractivity contribution in [2.75, 3.05) is 25.0 Å². The van der Waals surface area contributed by atoms with Crippen molar-refractivity contribution in [2.45, 2.75) is 32.9 Å². The van der Waals surface area contributed by atoms with E-state index in [1.165, 1.54) is 10.6 Å². The van der Waals surface area contributed by atoms with Gasteiger partial charge in [-0.25, -0.2) is 8.78 Å². The molecule has 0 spiro atoms. The van der Waals surface area contributed by atoms with E-state index in [-0.39, 0.29) is 40.1 Å². The Morgan fingerprint density at radius 1 is 1.33 bits per heavy atom. The molecule has 1 aromatic carbocycles. The van der Waals surface area contributed by atoms with Crippen LogP contribution in [0.1, 0.15) is 31.9 Å². The molecule has 11 heteroatoms. The summed E-state index contributed by atoms with van der Waals surface area (Å²) in [4.78, 5) is 28.1. The fourth-order valence-corrected chi connectivity index (χ4v) is 2.94. The lowest BCUT2D eigenvalue weighted by Crippen LogP contribution is -2.30. The Labute approximate surface area is 180 Å². The minimum absolute atomic E-state index is 0.0308. The summed E-state index contributed by atoms with van der Waals surface area (Å²) in [5, 5.41) is 14.2. The van der Waals surface area contributed by atoms with E-state index in [0.29, 0.717) is 19.5 Å². The van der Waals surface area contributed by atoms with Crippen LogP contribution < -0.4 is 20.9 Å². The number of aliphatic hydroxyl groups is 1. The normalized spacial score (nSPS) is 10.9. The molecule has 164 valence electrons. The van der Waals surface area contributed by atoms with Gasteiger partial charge in [0.2, 0.25) is 17.7 Å². The molecule has 0 aliphatic carbocycles. The molecular weight excluding hydrogens is 466 g/mol. The number of amides is 1. The fourth-order valence-electron chi connectivity index (χ4n) is 2.55. The highest BCUT2D eigenvalue weighted by Gasteiger charge is 2.18. The lowest BCUT2D eigenvalue weighted by Gasteiger charge is -2.19. The van der Waals surface area contributed by atoms with E-state index in [1.54, 1.807) is 0 Å². The topological polar surface area (TPSA) is 105 Å². The Morgan fingerprint density at radius 2 is 2.07 bits per heavy atom. The van der Waals surface area contributed by atoms with Gasteiger partial charge >= 0.3 is 0 Å². The predicted octanol–water partition coefficient (Wildman–Crippen LogP) is 2.35. The summed E-state index contributed by atoms with van der Waals surface area (Å²) in [6.45, 7) is 3.53. The zero-order chi connectivity index (χ0) is 22.3. The molecule has 0 atom stereocenters. The van der Waals surface area contributed by atoms with Gasteiger partial charge in [0.25, 0.3) is 5.56 Å². The van der Waals surface area contributed by atoms with Crippen molar-refractivity contribution in [3.63, 3.8) is 0 Å². The van der Waals surface area contributed by atoms with Crippen LogP contribution >= 0.6 is 15.9 Å². The molecule has 0 fully saturated rings. The van der Waals surface area contributed by atoms with Crippen LogP contribution in [0.3, 0.4) is 0 Å². The molecule has 8 nitrogen and oxygen atoms in total. The maximum atomic E-state index is 13.8. The number of rotatable bonds is 10. The number of aromatic nitrogens is 2. The van der Waals surface area contributed by atoms with Crippen LogP contribution in [-0.2, 0) is 11.4 Å². The van der Waals surface area contributed by atoms with Crippen LogP contribution in [0.4, 0.5) is 14.7 Å². The summed E-state index contributed by atoms with van der Waals surface area (Å²) in [6.07, 6.45) is 0.521. The summed E-state index contributed by atoms with van der Waals surface area (Å²) in [6, 6.07) is 2.92. The number of nitrogens with zero attached hydrogens (tertiary/aromatic N) is 2. The maximum absolute atomic E-state index is 13.8. The summed E-state index contributed by atoms with van der Waals surface area (Å²) < 4.78 is 33.9. The number of carbonyl (C=O) groups excluding carboxylic acids is 1. The van der Waals surface area contributed by atoms with Crippen molar-refractivity contribution >= 4 is 27.8 Å². The third kappa shape index (κ3) is 6.23. The molecule has 1 heterocycles. The molecule has 30 heavy (non-hydrogen) atoms. The van der Waals surface area contributed by atoms with Crippen LogP contribution in [0.15, 0.2) is 27.5 Å². The number of halogens is 3. The standard InChI is InChI=1S/C19H23BrF2N4O4/c1-11(2)26-18(29)16(20)17(30-10-12-4-5-13(21)8-14(12)22)25-19(26)24-7-3-6-23-15(28)9-27/h4-5,8,11,27H,3,6-7,9-10H2,1-2H3,(H,23,28)(H,24,25). The molecule has 0 aliphatic heterocycles. The van der Waals surface area contributed by atoms with Gasteiger partial charge in [0.05, 0.1) is 0 Å². The Balaban J connectivity index is 2.16. The number of hydrogen-bond acceptors (Lipinski definition) is 6. The minimum Gasteiger partial charge on any atom is -0.472 e. The number of ether oxygens (including phenoxy) is 1. The molecule has 2 aromatic rings. The van der Waals surface area contributed by atoms with Crippen molar-refractivity contribution in [3.8, 4) is 5.88 Å². The van der Waals surface area contributed by atoms with Crippen LogP contribution in [0.2, 0.25) is 0 Å². The van der Waals surface area contributed by atoms with Gasteiger partial charge in [-0.2, -0.15) is 4.98 Å². The van der Waals surface area contributed by atoms with Gasteiger partial charge < -0.3 is 20.5 Å². The lowest BCUT2D eigenvalue weighted by molar-refractivity contribution is -0.123. The number of anilines is 1. The molecule has 0 unspecified atom stereocenters. The molecule has 0 bridgehead atoms. The van der Waals surface area contributed by atoms with Crippen LogP contribution in [0, 0.1) is 11.6 Å².